The molecule has 7 heteroatoms. The van der Waals surface area contributed by atoms with Crippen molar-refractivity contribution in [3.8, 4) is 16.9 Å². The molecule has 0 bridgehead atoms. The lowest BCUT2D eigenvalue weighted by Gasteiger charge is -2.34. The molecule has 5 nitrogen and oxygen atoms in total. The largest absolute Gasteiger partial charge is 0.339 e. The first-order valence-corrected chi connectivity index (χ1v) is 12.9. The van der Waals surface area contributed by atoms with Crippen LogP contribution < -0.4 is 0 Å². The molecule has 2 amide bonds. The van der Waals surface area contributed by atoms with Crippen molar-refractivity contribution in [3.05, 3.63) is 99.6 Å². The summed E-state index contributed by atoms with van der Waals surface area (Å²) in [6.07, 6.45) is 0.408. The molecular formula is C29H28FN3O2S. The number of rotatable bonds is 5. The SMILES string of the molecule is Cc1ccc(-n2c(-c3ccc(F)cc3)cc(C(=O)N3CCN(C(=O)Cc4cccs4)CC3)c2C)cc1. The van der Waals surface area contributed by atoms with E-state index in [-0.39, 0.29) is 17.6 Å². The molecule has 0 saturated carbocycles. The van der Waals surface area contributed by atoms with Crippen molar-refractivity contribution in [1.29, 1.82) is 0 Å². The predicted molar refractivity (Wildman–Crippen MR) is 141 cm³/mol. The fourth-order valence-electron chi connectivity index (χ4n) is 4.69. The van der Waals surface area contributed by atoms with Gasteiger partial charge in [0.25, 0.3) is 5.91 Å². The Bertz CT molecular complexity index is 1370. The van der Waals surface area contributed by atoms with Crippen molar-refractivity contribution in [3.63, 3.8) is 0 Å². The highest BCUT2D eigenvalue weighted by Gasteiger charge is 2.28. The van der Waals surface area contributed by atoms with Crippen molar-refractivity contribution >= 4 is 23.2 Å². The van der Waals surface area contributed by atoms with Crippen molar-refractivity contribution < 1.29 is 14.0 Å². The Balaban J connectivity index is 1.39. The van der Waals surface area contributed by atoms with Crippen LogP contribution in [0.25, 0.3) is 16.9 Å². The molecule has 5 rings (SSSR count). The molecule has 0 radical (unpaired) electrons. The monoisotopic (exact) mass is 501 g/mol. The first kappa shape index (κ1) is 24.0. The van der Waals surface area contributed by atoms with Crippen molar-refractivity contribution in [2.75, 3.05) is 26.2 Å². The van der Waals surface area contributed by atoms with E-state index in [9.17, 15) is 14.0 Å². The minimum absolute atomic E-state index is 0.0490. The fourth-order valence-corrected chi connectivity index (χ4v) is 5.38. The smallest absolute Gasteiger partial charge is 0.255 e. The molecule has 4 aromatic rings. The van der Waals surface area contributed by atoms with Crippen molar-refractivity contribution in [1.82, 2.24) is 14.4 Å². The van der Waals surface area contributed by atoms with Gasteiger partial charge in [0.1, 0.15) is 5.82 Å². The molecule has 0 N–H and O–H groups in total. The van der Waals surface area contributed by atoms with E-state index < -0.39 is 0 Å². The summed E-state index contributed by atoms with van der Waals surface area (Å²) < 4.78 is 15.7. The van der Waals surface area contributed by atoms with E-state index in [1.54, 1.807) is 23.5 Å². The lowest BCUT2D eigenvalue weighted by atomic mass is 10.1. The molecule has 0 unspecified atom stereocenters. The van der Waals surface area contributed by atoms with Gasteiger partial charge in [-0.15, -0.1) is 11.3 Å². The average molecular weight is 502 g/mol. The number of aryl methyl sites for hydroxylation is 1. The van der Waals surface area contributed by atoms with Crippen LogP contribution in [0, 0.1) is 19.7 Å². The standard InChI is InChI=1S/C29H28FN3O2S/c1-20-5-11-24(12-6-20)33-21(2)26(19-27(33)22-7-9-23(30)10-8-22)29(35)32-15-13-31(14-16-32)28(34)18-25-4-3-17-36-25/h3-12,17,19H,13-16,18H2,1-2H3. The Labute approximate surface area is 214 Å². The second kappa shape index (κ2) is 10.1. The molecule has 1 aliphatic rings. The maximum atomic E-state index is 13.6. The third kappa shape index (κ3) is 4.84. The lowest BCUT2D eigenvalue weighted by Crippen LogP contribution is -2.51. The zero-order valence-electron chi connectivity index (χ0n) is 20.4. The third-order valence-corrected chi connectivity index (χ3v) is 7.61. The van der Waals surface area contributed by atoms with Gasteiger partial charge in [-0.1, -0.05) is 23.8 Å². The molecule has 36 heavy (non-hydrogen) atoms. The zero-order valence-corrected chi connectivity index (χ0v) is 21.2. The Kier molecular flexibility index (Phi) is 6.74. The summed E-state index contributed by atoms with van der Waals surface area (Å²) in [7, 11) is 0. The Hall–Kier alpha value is -3.71. The Morgan fingerprint density at radius 2 is 1.56 bits per heavy atom. The van der Waals surface area contributed by atoms with Crippen LogP contribution in [0.3, 0.4) is 0 Å². The van der Waals surface area contributed by atoms with Gasteiger partial charge in [0.15, 0.2) is 0 Å². The van der Waals surface area contributed by atoms with Gasteiger partial charge < -0.3 is 14.4 Å². The molecule has 2 aromatic heterocycles. The van der Waals surface area contributed by atoms with Crippen LogP contribution in [0.1, 0.15) is 26.5 Å². The molecule has 1 saturated heterocycles. The molecule has 184 valence electrons. The zero-order chi connectivity index (χ0) is 25.2. The number of benzene rings is 2. The molecule has 1 aliphatic heterocycles. The first-order chi connectivity index (χ1) is 17.4. The van der Waals surface area contributed by atoms with Crippen molar-refractivity contribution in [2.24, 2.45) is 0 Å². The number of halogens is 1. The van der Waals surface area contributed by atoms with E-state index in [1.807, 2.05) is 71.5 Å². The van der Waals surface area contributed by atoms with E-state index in [1.165, 1.54) is 12.1 Å². The highest BCUT2D eigenvalue weighted by molar-refractivity contribution is 7.10. The normalized spacial score (nSPS) is 13.8. The van der Waals surface area contributed by atoms with E-state index in [0.717, 1.165) is 33.1 Å². The molecule has 1 fully saturated rings. The third-order valence-electron chi connectivity index (χ3n) is 6.73. The highest BCUT2D eigenvalue weighted by atomic mass is 32.1. The van der Waals surface area contributed by atoms with Gasteiger partial charge in [-0.05, 0) is 73.3 Å². The van der Waals surface area contributed by atoms with Crippen LogP contribution in [0.5, 0.6) is 0 Å². The van der Waals surface area contributed by atoms with Crippen molar-refractivity contribution in [2.45, 2.75) is 20.3 Å². The number of carbonyl (C=O) groups excluding carboxylic acids is 2. The summed E-state index contributed by atoms with van der Waals surface area (Å²) in [5.74, 6) is -0.247. The summed E-state index contributed by atoms with van der Waals surface area (Å²) in [5.41, 5.74) is 5.22. The predicted octanol–water partition coefficient (Wildman–Crippen LogP) is 5.49. The maximum absolute atomic E-state index is 13.6. The minimum atomic E-state index is -0.299. The van der Waals surface area contributed by atoms with Gasteiger partial charge in [0, 0.05) is 42.4 Å². The number of nitrogens with zero attached hydrogens (tertiary/aromatic N) is 3. The summed E-state index contributed by atoms with van der Waals surface area (Å²) >= 11 is 1.59. The van der Waals surface area contributed by atoms with Gasteiger partial charge >= 0.3 is 0 Å². The quantitative estimate of drug-likeness (QED) is 0.363. The van der Waals surface area contributed by atoms with Crippen LogP contribution in [0.4, 0.5) is 4.39 Å². The van der Waals surface area contributed by atoms with Crippen LogP contribution in [0.15, 0.2) is 72.1 Å². The summed E-state index contributed by atoms with van der Waals surface area (Å²) in [4.78, 5) is 31.0. The van der Waals surface area contributed by atoms with Gasteiger partial charge in [0.05, 0.1) is 17.7 Å². The van der Waals surface area contributed by atoms with E-state index in [4.69, 9.17) is 0 Å². The number of hydrogen-bond acceptors (Lipinski definition) is 3. The summed E-state index contributed by atoms with van der Waals surface area (Å²) in [5, 5.41) is 1.98. The molecule has 3 heterocycles. The number of aromatic nitrogens is 1. The van der Waals surface area contributed by atoms with E-state index in [2.05, 4.69) is 4.57 Å². The molecule has 0 aliphatic carbocycles. The number of amides is 2. The van der Waals surface area contributed by atoms with Crippen LogP contribution in [-0.2, 0) is 11.2 Å². The van der Waals surface area contributed by atoms with Gasteiger partial charge in [0.2, 0.25) is 5.91 Å². The van der Waals surface area contributed by atoms with Crippen LogP contribution in [-0.4, -0.2) is 52.4 Å². The maximum Gasteiger partial charge on any atom is 0.255 e. The summed E-state index contributed by atoms with van der Waals surface area (Å²) in [6.45, 7) is 6.02. The highest BCUT2D eigenvalue weighted by Crippen LogP contribution is 2.31. The van der Waals surface area contributed by atoms with Gasteiger partial charge in [-0.2, -0.15) is 0 Å². The minimum Gasteiger partial charge on any atom is -0.339 e. The van der Waals surface area contributed by atoms with E-state index >= 15 is 0 Å². The number of piperazine rings is 1. The number of thiophene rings is 1. The fraction of sp³-hybridized carbons (Fsp3) is 0.241. The first-order valence-electron chi connectivity index (χ1n) is 12.1. The van der Waals surface area contributed by atoms with E-state index in [0.29, 0.717) is 38.2 Å². The molecule has 0 atom stereocenters. The second-order valence-corrected chi connectivity index (χ2v) is 10.2. The topological polar surface area (TPSA) is 45.6 Å². The average Bonchev–Trinajstić information content (AvgIpc) is 3.52. The Morgan fingerprint density at radius 1 is 0.889 bits per heavy atom. The second-order valence-electron chi connectivity index (χ2n) is 9.14. The van der Waals surface area contributed by atoms with Crippen LogP contribution in [0.2, 0.25) is 0 Å². The molecule has 2 aromatic carbocycles. The lowest BCUT2D eigenvalue weighted by molar-refractivity contribution is -0.131. The molecular weight excluding hydrogens is 473 g/mol. The van der Waals surface area contributed by atoms with Gasteiger partial charge in [-0.25, -0.2) is 4.39 Å². The van der Waals surface area contributed by atoms with Gasteiger partial charge in [-0.3, -0.25) is 9.59 Å². The van der Waals surface area contributed by atoms with Crippen LogP contribution >= 0.6 is 11.3 Å². The Morgan fingerprint density at radius 3 is 2.19 bits per heavy atom. The number of carbonyl (C=O) groups is 2. The summed E-state index contributed by atoms with van der Waals surface area (Å²) in [6, 6.07) is 20.3. The number of hydrogen-bond donors (Lipinski definition) is 0. The molecule has 0 spiro atoms.